The fourth-order valence-electron chi connectivity index (χ4n) is 1.87. The normalized spacial score (nSPS) is 11.1. The van der Waals surface area contributed by atoms with Crippen LogP contribution in [0.2, 0.25) is 0 Å². The van der Waals surface area contributed by atoms with Crippen molar-refractivity contribution in [1.82, 2.24) is 25.4 Å². The number of aromatic nitrogens is 4. The van der Waals surface area contributed by atoms with E-state index in [4.69, 9.17) is 0 Å². The first-order valence-corrected chi connectivity index (χ1v) is 6.16. The van der Waals surface area contributed by atoms with Gasteiger partial charge in [-0.25, -0.2) is 4.63 Å². The minimum absolute atomic E-state index is 0.701. The predicted molar refractivity (Wildman–Crippen MR) is 67.1 cm³/mol. The van der Waals surface area contributed by atoms with E-state index in [1.165, 1.54) is 5.69 Å². The van der Waals surface area contributed by atoms with Crippen molar-refractivity contribution in [1.29, 1.82) is 0 Å². The molecule has 0 saturated carbocycles. The van der Waals surface area contributed by atoms with Crippen LogP contribution in [0.1, 0.15) is 29.2 Å². The summed E-state index contributed by atoms with van der Waals surface area (Å²) in [5.74, 6) is 0. The second-order valence-corrected chi connectivity index (χ2v) is 4.48. The number of aryl methyl sites for hydroxylation is 4. The lowest BCUT2D eigenvalue weighted by atomic mass is 10.3. The van der Waals surface area contributed by atoms with Crippen LogP contribution >= 0.6 is 0 Å². The Morgan fingerprint density at radius 2 is 2.11 bits per heavy atom. The molecule has 2 rings (SSSR count). The minimum atomic E-state index is 0.701. The molecule has 2 aromatic heterocycles. The van der Waals surface area contributed by atoms with Crippen LogP contribution in [0.4, 0.5) is 0 Å². The fourth-order valence-corrected chi connectivity index (χ4v) is 1.87. The first-order valence-electron chi connectivity index (χ1n) is 6.16. The summed E-state index contributed by atoms with van der Waals surface area (Å²) in [6.07, 6.45) is 1.03. The molecule has 0 amide bonds. The summed E-state index contributed by atoms with van der Waals surface area (Å²) in [6.45, 7) is 8.54. The maximum absolute atomic E-state index is 4.64. The molecule has 0 atom stereocenters. The van der Waals surface area contributed by atoms with E-state index in [-0.39, 0.29) is 0 Å². The van der Waals surface area contributed by atoms with Crippen molar-refractivity contribution in [3.05, 3.63) is 28.8 Å². The first-order chi connectivity index (χ1) is 8.66. The highest BCUT2D eigenvalue weighted by molar-refractivity contribution is 5.06. The molecule has 0 unspecified atom stereocenters. The number of hydrogen-bond acceptors (Lipinski definition) is 5. The Bertz CT molecular complexity index is 502. The van der Waals surface area contributed by atoms with E-state index in [9.17, 15) is 0 Å². The minimum Gasteiger partial charge on any atom is -0.311 e. The van der Waals surface area contributed by atoms with Gasteiger partial charge in [-0.15, -0.1) is 0 Å². The molecule has 0 aliphatic rings. The lowest BCUT2D eigenvalue weighted by Gasteiger charge is -2.05. The molecule has 0 bridgehead atoms. The van der Waals surface area contributed by atoms with Gasteiger partial charge in [-0.3, -0.25) is 4.68 Å². The Kier molecular flexibility index (Phi) is 4.09. The molecule has 6 heteroatoms. The molecule has 0 saturated heterocycles. The Hall–Kier alpha value is -1.69. The molecule has 1 N–H and O–H groups in total. The third kappa shape index (κ3) is 3.16. The largest absolute Gasteiger partial charge is 0.311 e. The maximum Gasteiger partial charge on any atom is 0.121 e. The third-order valence-electron chi connectivity index (χ3n) is 2.87. The van der Waals surface area contributed by atoms with Gasteiger partial charge < -0.3 is 5.32 Å². The molecule has 0 fully saturated rings. The molecule has 0 spiro atoms. The van der Waals surface area contributed by atoms with Crippen molar-refractivity contribution >= 4 is 0 Å². The van der Waals surface area contributed by atoms with Gasteiger partial charge in [-0.2, -0.15) is 5.10 Å². The van der Waals surface area contributed by atoms with Gasteiger partial charge in [-0.1, -0.05) is 10.3 Å². The highest BCUT2D eigenvalue weighted by atomic mass is 16.6. The summed E-state index contributed by atoms with van der Waals surface area (Å²) in [7, 11) is 0. The molecule has 2 heterocycles. The fraction of sp³-hybridized carbons (Fsp3) is 0.583. The number of hydrogen-bond donors (Lipinski definition) is 1. The molecule has 0 aliphatic carbocycles. The van der Waals surface area contributed by atoms with Crippen molar-refractivity contribution in [3.63, 3.8) is 0 Å². The molecular formula is C12H19N5O. The van der Waals surface area contributed by atoms with Gasteiger partial charge in [-0.05, 0) is 39.8 Å². The molecule has 2 aromatic rings. The van der Waals surface area contributed by atoms with Crippen LogP contribution in [0.5, 0.6) is 0 Å². The van der Waals surface area contributed by atoms with Gasteiger partial charge in [0.05, 0.1) is 5.69 Å². The Labute approximate surface area is 106 Å². The lowest BCUT2D eigenvalue weighted by molar-refractivity contribution is 0.300. The van der Waals surface area contributed by atoms with Crippen molar-refractivity contribution in [2.75, 3.05) is 6.54 Å². The summed E-state index contributed by atoms with van der Waals surface area (Å²) in [4.78, 5) is 0. The zero-order valence-corrected chi connectivity index (χ0v) is 11.1. The average molecular weight is 249 g/mol. The number of nitrogens with zero attached hydrogens (tertiary/aromatic N) is 4. The topological polar surface area (TPSA) is 68.8 Å². The van der Waals surface area contributed by atoms with Crippen molar-refractivity contribution < 1.29 is 4.63 Å². The quantitative estimate of drug-likeness (QED) is 0.783. The second-order valence-electron chi connectivity index (χ2n) is 4.48. The molecule has 0 radical (unpaired) electrons. The van der Waals surface area contributed by atoms with Crippen LogP contribution in [-0.4, -0.2) is 26.6 Å². The molecule has 0 aromatic carbocycles. The number of nitrogens with one attached hydrogen (secondary N) is 1. The lowest BCUT2D eigenvalue weighted by Crippen LogP contribution is -2.17. The molecular weight excluding hydrogens is 230 g/mol. The van der Waals surface area contributed by atoms with Gasteiger partial charge in [0.2, 0.25) is 0 Å². The van der Waals surface area contributed by atoms with E-state index < -0.39 is 0 Å². The van der Waals surface area contributed by atoms with E-state index in [0.717, 1.165) is 36.6 Å². The van der Waals surface area contributed by atoms with E-state index >= 15 is 0 Å². The van der Waals surface area contributed by atoms with Crippen LogP contribution in [0, 0.1) is 20.8 Å². The van der Waals surface area contributed by atoms with Crippen molar-refractivity contribution in [2.24, 2.45) is 0 Å². The predicted octanol–water partition coefficient (Wildman–Crippen LogP) is 1.37. The SMILES string of the molecule is Cc1cc(C)n(CCCNCc2nonc2C)n1. The monoisotopic (exact) mass is 249 g/mol. The van der Waals surface area contributed by atoms with E-state index in [2.05, 4.69) is 38.3 Å². The molecule has 18 heavy (non-hydrogen) atoms. The van der Waals surface area contributed by atoms with Gasteiger partial charge in [0.25, 0.3) is 0 Å². The first kappa shape index (κ1) is 12.8. The van der Waals surface area contributed by atoms with E-state index in [1.54, 1.807) is 0 Å². The van der Waals surface area contributed by atoms with Gasteiger partial charge in [0.15, 0.2) is 0 Å². The number of rotatable bonds is 6. The summed E-state index contributed by atoms with van der Waals surface area (Å²) in [5.41, 5.74) is 4.01. The smallest absolute Gasteiger partial charge is 0.121 e. The Morgan fingerprint density at radius 3 is 2.72 bits per heavy atom. The van der Waals surface area contributed by atoms with Crippen LogP contribution < -0.4 is 5.32 Å². The Morgan fingerprint density at radius 1 is 1.28 bits per heavy atom. The van der Waals surface area contributed by atoms with Crippen LogP contribution in [-0.2, 0) is 13.1 Å². The molecule has 0 aliphatic heterocycles. The maximum atomic E-state index is 4.64. The standard InChI is InChI=1S/C12H19N5O/c1-9-7-10(2)17(14-9)6-4-5-13-8-12-11(3)15-18-16-12/h7,13H,4-6,8H2,1-3H3. The zero-order valence-electron chi connectivity index (χ0n) is 11.1. The van der Waals surface area contributed by atoms with Crippen LogP contribution in [0.15, 0.2) is 10.7 Å². The summed E-state index contributed by atoms with van der Waals surface area (Å²) in [6, 6.07) is 2.10. The van der Waals surface area contributed by atoms with Crippen LogP contribution in [0.3, 0.4) is 0 Å². The van der Waals surface area contributed by atoms with Crippen molar-refractivity contribution in [3.8, 4) is 0 Å². The highest BCUT2D eigenvalue weighted by Gasteiger charge is 2.04. The van der Waals surface area contributed by atoms with Gasteiger partial charge >= 0.3 is 0 Å². The zero-order chi connectivity index (χ0) is 13.0. The van der Waals surface area contributed by atoms with Crippen LogP contribution in [0.25, 0.3) is 0 Å². The van der Waals surface area contributed by atoms with E-state index in [1.807, 2.05) is 18.5 Å². The third-order valence-corrected chi connectivity index (χ3v) is 2.87. The van der Waals surface area contributed by atoms with Gasteiger partial charge in [0.1, 0.15) is 11.4 Å². The van der Waals surface area contributed by atoms with E-state index in [0.29, 0.717) is 6.54 Å². The average Bonchev–Trinajstić information content (AvgIpc) is 2.86. The molecule has 98 valence electrons. The van der Waals surface area contributed by atoms with Gasteiger partial charge in [0, 0.05) is 18.8 Å². The van der Waals surface area contributed by atoms with Crippen molar-refractivity contribution in [2.45, 2.75) is 40.3 Å². The highest BCUT2D eigenvalue weighted by Crippen LogP contribution is 2.02. The summed E-state index contributed by atoms with van der Waals surface area (Å²) in [5, 5.41) is 15.3. The molecule has 6 nitrogen and oxygen atoms in total. The Balaban J connectivity index is 1.67. The summed E-state index contributed by atoms with van der Waals surface area (Å²) < 4.78 is 6.68. The second kappa shape index (κ2) is 5.77. The summed E-state index contributed by atoms with van der Waals surface area (Å²) >= 11 is 0.